The van der Waals surface area contributed by atoms with E-state index in [1.807, 2.05) is 24.1 Å². The molecule has 1 aliphatic rings. The number of nitrogens with two attached hydrogens (primary N) is 1. The van der Waals surface area contributed by atoms with E-state index in [1.165, 1.54) is 5.56 Å². The van der Waals surface area contributed by atoms with Gasteiger partial charge in [0.25, 0.3) is 0 Å². The molecule has 0 aromatic heterocycles. The molecule has 0 saturated carbocycles. The van der Waals surface area contributed by atoms with Crippen LogP contribution in [0.15, 0.2) is 18.2 Å². The third-order valence-corrected chi connectivity index (χ3v) is 3.10. The van der Waals surface area contributed by atoms with Crippen molar-refractivity contribution in [1.82, 2.24) is 0 Å². The maximum absolute atomic E-state index is 11.7. The number of carbonyl (C=O) groups excluding carboxylic acids is 1. The molecule has 1 aromatic carbocycles. The summed E-state index contributed by atoms with van der Waals surface area (Å²) in [6, 6.07) is 5.84. The minimum atomic E-state index is -0.264. The van der Waals surface area contributed by atoms with Gasteiger partial charge in [-0.05, 0) is 24.1 Å². The Bertz CT molecular complexity index is 417. The molecule has 1 amide bonds. The zero-order chi connectivity index (χ0) is 11.7. The molecule has 1 atom stereocenters. The highest BCUT2D eigenvalue weighted by atomic mass is 16.2. The van der Waals surface area contributed by atoms with Gasteiger partial charge in [-0.15, -0.1) is 0 Å². The zero-order valence-electron chi connectivity index (χ0n) is 9.66. The summed E-state index contributed by atoms with van der Waals surface area (Å²) in [6.07, 6.45) is 0.988. The summed E-state index contributed by atoms with van der Waals surface area (Å²) in [7, 11) is 1.91. The van der Waals surface area contributed by atoms with Crippen molar-refractivity contribution in [2.24, 2.45) is 5.73 Å². The summed E-state index contributed by atoms with van der Waals surface area (Å²) in [5.41, 5.74) is 8.79. The first-order chi connectivity index (χ1) is 7.67. The SMILES string of the molecule is CCc1ccc2c(c1)N(C)C(CN)C(=O)N2. The lowest BCUT2D eigenvalue weighted by molar-refractivity contribution is -0.117. The Morgan fingerprint density at radius 2 is 2.25 bits per heavy atom. The summed E-state index contributed by atoms with van der Waals surface area (Å²) in [6.45, 7) is 2.45. The Kier molecular flexibility index (Phi) is 2.83. The smallest absolute Gasteiger partial charge is 0.248 e. The molecule has 86 valence electrons. The fourth-order valence-electron chi connectivity index (χ4n) is 2.02. The Labute approximate surface area is 95.4 Å². The van der Waals surface area contributed by atoms with Crippen LogP contribution in [0.5, 0.6) is 0 Å². The first-order valence-electron chi connectivity index (χ1n) is 5.54. The standard InChI is InChI=1S/C12H17N3O/c1-3-8-4-5-9-10(6-8)15(2)11(7-13)12(16)14-9/h4-6,11H,3,7,13H2,1-2H3,(H,14,16). The normalized spacial score (nSPS) is 19.3. The van der Waals surface area contributed by atoms with Crippen LogP contribution in [0.1, 0.15) is 12.5 Å². The molecule has 0 radical (unpaired) electrons. The molecule has 1 aromatic rings. The summed E-state index contributed by atoms with van der Waals surface area (Å²) in [4.78, 5) is 13.7. The number of benzene rings is 1. The van der Waals surface area contributed by atoms with Gasteiger partial charge < -0.3 is 16.0 Å². The molecule has 0 saturated heterocycles. The lowest BCUT2D eigenvalue weighted by Crippen LogP contribution is -2.50. The van der Waals surface area contributed by atoms with Crippen LogP contribution in [0.2, 0.25) is 0 Å². The Hall–Kier alpha value is -1.55. The molecule has 0 spiro atoms. The largest absolute Gasteiger partial charge is 0.360 e. The average Bonchev–Trinajstić information content (AvgIpc) is 2.29. The molecule has 0 fully saturated rings. The number of fused-ring (bicyclic) bond motifs is 1. The van der Waals surface area contributed by atoms with Crippen LogP contribution in [0.3, 0.4) is 0 Å². The molecule has 1 aliphatic heterocycles. The van der Waals surface area contributed by atoms with Crippen molar-refractivity contribution < 1.29 is 4.79 Å². The number of nitrogens with zero attached hydrogens (tertiary/aromatic N) is 1. The third-order valence-electron chi connectivity index (χ3n) is 3.10. The summed E-state index contributed by atoms with van der Waals surface area (Å²) < 4.78 is 0. The van der Waals surface area contributed by atoms with Crippen LogP contribution in [-0.2, 0) is 11.2 Å². The number of rotatable bonds is 2. The first-order valence-corrected chi connectivity index (χ1v) is 5.54. The molecule has 2 rings (SSSR count). The minimum Gasteiger partial charge on any atom is -0.360 e. The summed E-state index contributed by atoms with van der Waals surface area (Å²) in [5, 5.41) is 2.88. The van der Waals surface area contributed by atoms with Gasteiger partial charge in [0.2, 0.25) is 5.91 Å². The van der Waals surface area contributed by atoms with Crippen LogP contribution in [0.25, 0.3) is 0 Å². The van der Waals surface area contributed by atoms with Gasteiger partial charge in [-0.2, -0.15) is 0 Å². The predicted octanol–water partition coefficient (Wildman–Crippen LogP) is 0.965. The second-order valence-electron chi connectivity index (χ2n) is 4.06. The van der Waals surface area contributed by atoms with Gasteiger partial charge in [0.05, 0.1) is 11.4 Å². The lowest BCUT2D eigenvalue weighted by Gasteiger charge is -2.34. The fourth-order valence-corrected chi connectivity index (χ4v) is 2.02. The molecule has 0 aliphatic carbocycles. The monoisotopic (exact) mass is 219 g/mol. The Balaban J connectivity index is 2.43. The first kappa shape index (κ1) is 11.0. The van der Waals surface area contributed by atoms with Gasteiger partial charge in [-0.3, -0.25) is 4.79 Å². The number of anilines is 2. The van der Waals surface area contributed by atoms with E-state index in [2.05, 4.69) is 18.3 Å². The molecule has 3 N–H and O–H groups in total. The van der Waals surface area contributed by atoms with Crippen molar-refractivity contribution in [3.8, 4) is 0 Å². The van der Waals surface area contributed by atoms with Crippen LogP contribution in [-0.4, -0.2) is 25.5 Å². The van der Waals surface area contributed by atoms with E-state index in [-0.39, 0.29) is 11.9 Å². The van der Waals surface area contributed by atoms with Crippen LogP contribution >= 0.6 is 0 Å². The maximum atomic E-state index is 11.7. The lowest BCUT2D eigenvalue weighted by atomic mass is 10.1. The van der Waals surface area contributed by atoms with Gasteiger partial charge in [-0.1, -0.05) is 13.0 Å². The minimum absolute atomic E-state index is 0.0262. The van der Waals surface area contributed by atoms with Crippen LogP contribution in [0.4, 0.5) is 11.4 Å². The number of hydrogen-bond acceptors (Lipinski definition) is 3. The van der Waals surface area contributed by atoms with Gasteiger partial charge in [0.15, 0.2) is 0 Å². The summed E-state index contributed by atoms with van der Waals surface area (Å²) in [5.74, 6) is -0.0262. The Morgan fingerprint density at radius 3 is 2.88 bits per heavy atom. The van der Waals surface area contributed by atoms with E-state index in [0.717, 1.165) is 17.8 Å². The highest BCUT2D eigenvalue weighted by Crippen LogP contribution is 2.31. The van der Waals surface area contributed by atoms with Crippen molar-refractivity contribution >= 4 is 17.3 Å². The second-order valence-corrected chi connectivity index (χ2v) is 4.06. The zero-order valence-corrected chi connectivity index (χ0v) is 9.66. The summed E-state index contributed by atoms with van der Waals surface area (Å²) >= 11 is 0. The van der Waals surface area contributed by atoms with E-state index < -0.39 is 0 Å². The number of carbonyl (C=O) groups is 1. The molecule has 1 unspecified atom stereocenters. The van der Waals surface area contributed by atoms with E-state index in [4.69, 9.17) is 5.73 Å². The van der Waals surface area contributed by atoms with Gasteiger partial charge in [-0.25, -0.2) is 0 Å². The van der Waals surface area contributed by atoms with Gasteiger partial charge in [0, 0.05) is 13.6 Å². The highest BCUT2D eigenvalue weighted by molar-refractivity contribution is 6.03. The molecule has 16 heavy (non-hydrogen) atoms. The molecule has 4 heteroatoms. The van der Waals surface area contributed by atoms with Crippen LogP contribution in [0, 0.1) is 0 Å². The maximum Gasteiger partial charge on any atom is 0.248 e. The number of amides is 1. The van der Waals surface area contributed by atoms with Gasteiger partial charge in [0.1, 0.15) is 6.04 Å². The molecule has 4 nitrogen and oxygen atoms in total. The van der Waals surface area contributed by atoms with Crippen molar-refractivity contribution in [3.05, 3.63) is 23.8 Å². The van der Waals surface area contributed by atoms with Gasteiger partial charge >= 0.3 is 0 Å². The quantitative estimate of drug-likeness (QED) is 0.779. The number of likely N-dealkylation sites (N-methyl/N-ethyl adjacent to an activating group) is 1. The van der Waals surface area contributed by atoms with Crippen molar-refractivity contribution in [3.63, 3.8) is 0 Å². The number of aryl methyl sites for hydroxylation is 1. The van der Waals surface area contributed by atoms with Crippen LogP contribution < -0.4 is 16.0 Å². The molecular weight excluding hydrogens is 202 g/mol. The number of hydrogen-bond donors (Lipinski definition) is 2. The topological polar surface area (TPSA) is 58.4 Å². The van der Waals surface area contributed by atoms with Crippen molar-refractivity contribution in [2.45, 2.75) is 19.4 Å². The fraction of sp³-hybridized carbons (Fsp3) is 0.417. The average molecular weight is 219 g/mol. The molecule has 1 heterocycles. The van der Waals surface area contributed by atoms with E-state index in [1.54, 1.807) is 0 Å². The van der Waals surface area contributed by atoms with E-state index in [0.29, 0.717) is 6.54 Å². The van der Waals surface area contributed by atoms with Crippen molar-refractivity contribution in [1.29, 1.82) is 0 Å². The Morgan fingerprint density at radius 1 is 1.50 bits per heavy atom. The molecule has 0 bridgehead atoms. The predicted molar refractivity (Wildman–Crippen MR) is 65.7 cm³/mol. The molecular formula is C12H17N3O. The van der Waals surface area contributed by atoms with E-state index >= 15 is 0 Å². The second kappa shape index (κ2) is 4.14. The third kappa shape index (κ3) is 1.65. The highest BCUT2D eigenvalue weighted by Gasteiger charge is 2.29. The van der Waals surface area contributed by atoms with Crippen molar-refractivity contribution in [2.75, 3.05) is 23.8 Å². The number of nitrogens with one attached hydrogen (secondary N) is 1. The van der Waals surface area contributed by atoms with E-state index in [9.17, 15) is 4.79 Å².